The van der Waals surface area contributed by atoms with Gasteiger partial charge in [-0.2, -0.15) is 5.10 Å². The monoisotopic (exact) mass is 218 g/mol. The summed E-state index contributed by atoms with van der Waals surface area (Å²) in [6, 6.07) is 0. The van der Waals surface area contributed by atoms with Crippen LogP contribution in [0.1, 0.15) is 37.9 Å². The number of aryl methyl sites for hydroxylation is 1. The minimum atomic E-state index is 0.143. The third kappa shape index (κ3) is 1.09. The van der Waals surface area contributed by atoms with Gasteiger partial charge in [0.25, 0.3) is 0 Å². The number of carbonyl (C=O) groups is 1. The summed E-state index contributed by atoms with van der Waals surface area (Å²) >= 11 is 0. The van der Waals surface area contributed by atoms with E-state index in [4.69, 9.17) is 0 Å². The first-order chi connectivity index (χ1) is 7.52. The lowest BCUT2D eigenvalue weighted by Crippen LogP contribution is -2.41. The molecule has 1 aromatic heterocycles. The second-order valence-corrected chi connectivity index (χ2v) is 5.66. The zero-order valence-electron chi connectivity index (χ0n) is 10.2. The third-order valence-corrected chi connectivity index (χ3v) is 4.71. The van der Waals surface area contributed by atoms with Gasteiger partial charge in [-0.05, 0) is 24.3 Å². The highest BCUT2D eigenvalue weighted by molar-refractivity contribution is 5.82. The predicted molar refractivity (Wildman–Crippen MR) is 61.2 cm³/mol. The van der Waals surface area contributed by atoms with E-state index in [1.165, 1.54) is 11.3 Å². The number of rotatable bonds is 0. The maximum atomic E-state index is 11.8. The Kier molecular flexibility index (Phi) is 1.86. The second-order valence-electron chi connectivity index (χ2n) is 5.66. The van der Waals surface area contributed by atoms with Crippen LogP contribution in [0.5, 0.6) is 0 Å². The van der Waals surface area contributed by atoms with Crippen LogP contribution in [0.4, 0.5) is 0 Å². The van der Waals surface area contributed by atoms with Crippen LogP contribution < -0.4 is 0 Å². The Hall–Kier alpha value is -1.12. The predicted octanol–water partition coefficient (Wildman–Crippen LogP) is 1.85. The maximum Gasteiger partial charge on any atom is 0.136 e. The van der Waals surface area contributed by atoms with Crippen molar-refractivity contribution in [3.8, 4) is 0 Å². The Bertz CT molecular complexity index is 462. The van der Waals surface area contributed by atoms with Gasteiger partial charge in [0.1, 0.15) is 5.78 Å². The maximum absolute atomic E-state index is 11.8. The molecule has 0 unspecified atom stereocenters. The molecule has 0 bridgehead atoms. The molecule has 0 radical (unpaired) electrons. The van der Waals surface area contributed by atoms with Crippen molar-refractivity contribution >= 4 is 5.78 Å². The number of fused-ring (bicyclic) bond motifs is 3. The molecular formula is C13H18N2O. The van der Waals surface area contributed by atoms with E-state index in [1.54, 1.807) is 0 Å². The van der Waals surface area contributed by atoms with Crippen molar-refractivity contribution in [1.29, 1.82) is 0 Å². The normalized spacial score (nSPS) is 37.3. The summed E-state index contributed by atoms with van der Waals surface area (Å²) in [5, 5.41) is 4.61. The highest BCUT2D eigenvalue weighted by Gasteiger charge is 2.51. The quantitative estimate of drug-likeness (QED) is 0.666. The van der Waals surface area contributed by atoms with Crippen LogP contribution in [0.2, 0.25) is 0 Å². The molecule has 1 saturated carbocycles. The molecule has 2 aliphatic carbocycles. The van der Waals surface area contributed by atoms with Crippen LogP contribution in [0, 0.1) is 11.8 Å². The van der Waals surface area contributed by atoms with E-state index < -0.39 is 0 Å². The molecule has 2 aliphatic rings. The summed E-state index contributed by atoms with van der Waals surface area (Å²) < 4.78 is 1.91. The molecule has 3 heteroatoms. The Labute approximate surface area is 95.8 Å². The Morgan fingerprint density at radius 3 is 3.06 bits per heavy atom. The number of hydrogen-bond acceptors (Lipinski definition) is 2. The third-order valence-electron chi connectivity index (χ3n) is 4.71. The van der Waals surface area contributed by atoms with Crippen LogP contribution >= 0.6 is 0 Å². The van der Waals surface area contributed by atoms with Gasteiger partial charge in [0.05, 0.1) is 5.69 Å². The van der Waals surface area contributed by atoms with Gasteiger partial charge in [0, 0.05) is 31.0 Å². The molecule has 0 N–H and O–H groups in total. The first kappa shape index (κ1) is 10.1. The van der Waals surface area contributed by atoms with E-state index >= 15 is 0 Å². The largest absolute Gasteiger partial charge is 0.299 e. The van der Waals surface area contributed by atoms with Crippen molar-refractivity contribution in [2.24, 2.45) is 18.9 Å². The molecular weight excluding hydrogens is 200 g/mol. The topological polar surface area (TPSA) is 34.9 Å². The molecule has 0 saturated heterocycles. The summed E-state index contributed by atoms with van der Waals surface area (Å²) in [6.45, 7) is 4.38. The molecule has 3 nitrogen and oxygen atoms in total. The SMILES string of the molecule is C[C@@H]1C(=O)CC[C@]2(C)c3nn(C)cc3C[C@H]12. The minimum Gasteiger partial charge on any atom is -0.299 e. The van der Waals surface area contributed by atoms with E-state index in [9.17, 15) is 4.79 Å². The fraction of sp³-hybridized carbons (Fsp3) is 0.692. The average Bonchev–Trinajstić information content (AvgIpc) is 2.71. The summed E-state index contributed by atoms with van der Waals surface area (Å²) in [4.78, 5) is 11.8. The Balaban J connectivity index is 2.07. The van der Waals surface area contributed by atoms with Gasteiger partial charge in [0.15, 0.2) is 0 Å². The van der Waals surface area contributed by atoms with Crippen molar-refractivity contribution in [3.63, 3.8) is 0 Å². The van der Waals surface area contributed by atoms with Crippen LogP contribution in [0.3, 0.4) is 0 Å². The summed E-state index contributed by atoms with van der Waals surface area (Å²) in [6.07, 6.45) is 4.86. The number of nitrogens with zero attached hydrogens (tertiary/aromatic N) is 2. The van der Waals surface area contributed by atoms with Crippen LogP contribution in [0.25, 0.3) is 0 Å². The smallest absolute Gasteiger partial charge is 0.136 e. The highest BCUT2D eigenvalue weighted by Crippen LogP contribution is 2.51. The number of Topliss-reactive ketones (excluding diaryl/α,β-unsaturated/α-hetero) is 1. The number of ketones is 1. The van der Waals surface area contributed by atoms with E-state index in [0.717, 1.165) is 19.3 Å². The van der Waals surface area contributed by atoms with Gasteiger partial charge in [0.2, 0.25) is 0 Å². The van der Waals surface area contributed by atoms with Crippen molar-refractivity contribution in [2.45, 2.75) is 38.5 Å². The summed E-state index contributed by atoms with van der Waals surface area (Å²) in [5.41, 5.74) is 2.75. The van der Waals surface area contributed by atoms with Gasteiger partial charge in [-0.3, -0.25) is 9.48 Å². The van der Waals surface area contributed by atoms with Gasteiger partial charge in [-0.1, -0.05) is 13.8 Å². The molecule has 0 aromatic carbocycles. The van der Waals surface area contributed by atoms with E-state index in [1.807, 2.05) is 11.7 Å². The zero-order valence-corrected chi connectivity index (χ0v) is 10.2. The lowest BCUT2D eigenvalue weighted by atomic mass is 9.64. The van der Waals surface area contributed by atoms with E-state index in [0.29, 0.717) is 11.7 Å². The molecule has 1 fully saturated rings. The number of aromatic nitrogens is 2. The van der Waals surface area contributed by atoms with Gasteiger partial charge in [-0.15, -0.1) is 0 Å². The molecule has 3 rings (SSSR count). The van der Waals surface area contributed by atoms with Crippen LogP contribution in [0.15, 0.2) is 6.20 Å². The molecule has 0 amide bonds. The molecule has 0 spiro atoms. The molecule has 3 atom stereocenters. The first-order valence-corrected chi connectivity index (χ1v) is 6.08. The Morgan fingerprint density at radius 1 is 1.56 bits per heavy atom. The molecule has 16 heavy (non-hydrogen) atoms. The van der Waals surface area contributed by atoms with Crippen LogP contribution in [-0.2, 0) is 23.7 Å². The van der Waals surface area contributed by atoms with Gasteiger partial charge < -0.3 is 0 Å². The fourth-order valence-electron chi connectivity index (χ4n) is 3.67. The van der Waals surface area contributed by atoms with Crippen molar-refractivity contribution in [2.75, 3.05) is 0 Å². The zero-order chi connectivity index (χ0) is 11.5. The fourth-order valence-corrected chi connectivity index (χ4v) is 3.67. The van der Waals surface area contributed by atoms with Crippen LogP contribution in [-0.4, -0.2) is 15.6 Å². The van der Waals surface area contributed by atoms with Crippen molar-refractivity contribution in [1.82, 2.24) is 9.78 Å². The number of carbonyl (C=O) groups excluding carboxylic acids is 1. The summed E-state index contributed by atoms with van der Waals surface area (Å²) in [5.74, 6) is 1.13. The van der Waals surface area contributed by atoms with E-state index in [2.05, 4.69) is 25.1 Å². The Morgan fingerprint density at radius 2 is 2.31 bits per heavy atom. The van der Waals surface area contributed by atoms with Gasteiger partial charge in [-0.25, -0.2) is 0 Å². The molecule has 1 aromatic rings. The van der Waals surface area contributed by atoms with Crippen molar-refractivity contribution < 1.29 is 4.79 Å². The molecule has 0 aliphatic heterocycles. The van der Waals surface area contributed by atoms with Gasteiger partial charge >= 0.3 is 0 Å². The van der Waals surface area contributed by atoms with Crippen molar-refractivity contribution in [3.05, 3.63) is 17.5 Å². The lowest BCUT2D eigenvalue weighted by Gasteiger charge is -2.39. The average molecular weight is 218 g/mol. The lowest BCUT2D eigenvalue weighted by molar-refractivity contribution is -0.127. The first-order valence-electron chi connectivity index (χ1n) is 6.08. The standard InChI is InChI=1S/C13H18N2O/c1-8-10-6-9-7-15(3)14-12(9)13(10,2)5-4-11(8)16/h7-8,10H,4-6H2,1-3H3/t8-,10+,13-/m0/s1. The molecule has 86 valence electrons. The number of hydrogen-bond donors (Lipinski definition) is 0. The van der Waals surface area contributed by atoms with E-state index in [-0.39, 0.29) is 11.3 Å². The minimum absolute atomic E-state index is 0.143. The molecule has 1 heterocycles. The summed E-state index contributed by atoms with van der Waals surface area (Å²) in [7, 11) is 1.98. The second kappa shape index (κ2) is 2.96. The highest BCUT2D eigenvalue weighted by atomic mass is 16.1.